The quantitative estimate of drug-likeness (QED) is 0.791. The van der Waals surface area contributed by atoms with Gasteiger partial charge >= 0.3 is 0 Å². The van der Waals surface area contributed by atoms with Gasteiger partial charge in [-0.2, -0.15) is 5.26 Å². The highest BCUT2D eigenvalue weighted by molar-refractivity contribution is 5.46. The molecule has 1 unspecified atom stereocenters. The topological polar surface area (TPSA) is 35.8 Å². The van der Waals surface area contributed by atoms with Crippen LogP contribution in [0.25, 0.3) is 0 Å². The fraction of sp³-hybridized carbons (Fsp3) is 0.417. The lowest BCUT2D eigenvalue weighted by Gasteiger charge is -2.10. The summed E-state index contributed by atoms with van der Waals surface area (Å²) >= 11 is 0. The van der Waals surface area contributed by atoms with Gasteiger partial charge < -0.3 is 5.32 Å². The van der Waals surface area contributed by atoms with E-state index in [1.54, 1.807) is 0 Å². The molecule has 0 spiro atoms. The second kappa shape index (κ2) is 4.66. The molecule has 0 fully saturated rings. The Balaban J connectivity index is 2.70. The molecule has 0 bridgehead atoms. The standard InChI is InChI=1S/C12H16N2/c1-9(2)11-4-6-12(7-5-11)14-10(3)8-13/h4-7,9-10,14H,1-3H3. The van der Waals surface area contributed by atoms with Gasteiger partial charge in [0.05, 0.1) is 6.07 Å². The highest BCUT2D eigenvalue weighted by atomic mass is 14.9. The molecule has 0 aliphatic rings. The van der Waals surface area contributed by atoms with Crippen LogP contribution in [0.2, 0.25) is 0 Å². The highest BCUT2D eigenvalue weighted by Gasteiger charge is 2.00. The highest BCUT2D eigenvalue weighted by Crippen LogP contribution is 2.17. The Morgan fingerprint density at radius 3 is 2.14 bits per heavy atom. The molecule has 0 saturated heterocycles. The van der Waals surface area contributed by atoms with Crippen molar-refractivity contribution in [2.75, 3.05) is 5.32 Å². The van der Waals surface area contributed by atoms with Crippen LogP contribution in [0.15, 0.2) is 24.3 Å². The predicted molar refractivity (Wildman–Crippen MR) is 59.2 cm³/mol. The maximum atomic E-state index is 8.63. The van der Waals surface area contributed by atoms with Crippen molar-refractivity contribution in [1.29, 1.82) is 5.26 Å². The first kappa shape index (κ1) is 10.6. The summed E-state index contributed by atoms with van der Waals surface area (Å²) in [5.41, 5.74) is 2.32. The number of rotatable bonds is 3. The third kappa shape index (κ3) is 2.77. The smallest absolute Gasteiger partial charge is 0.111 e. The minimum atomic E-state index is -0.139. The first-order valence-corrected chi connectivity index (χ1v) is 4.89. The van der Waals surface area contributed by atoms with E-state index >= 15 is 0 Å². The maximum Gasteiger partial charge on any atom is 0.111 e. The lowest BCUT2D eigenvalue weighted by atomic mass is 10.0. The average Bonchev–Trinajstić information content (AvgIpc) is 2.18. The molecule has 0 heterocycles. The van der Waals surface area contributed by atoms with E-state index in [1.807, 2.05) is 19.1 Å². The van der Waals surface area contributed by atoms with Crippen molar-refractivity contribution < 1.29 is 0 Å². The van der Waals surface area contributed by atoms with Crippen molar-refractivity contribution in [3.05, 3.63) is 29.8 Å². The number of anilines is 1. The van der Waals surface area contributed by atoms with E-state index in [0.717, 1.165) is 5.69 Å². The van der Waals surface area contributed by atoms with Crippen molar-refractivity contribution in [2.45, 2.75) is 32.7 Å². The molecule has 0 aromatic heterocycles. The normalized spacial score (nSPS) is 12.2. The van der Waals surface area contributed by atoms with Gasteiger partial charge in [0.2, 0.25) is 0 Å². The molecular weight excluding hydrogens is 172 g/mol. The Bertz CT molecular complexity index is 319. The minimum Gasteiger partial charge on any atom is -0.370 e. The average molecular weight is 188 g/mol. The predicted octanol–water partition coefficient (Wildman–Crippen LogP) is 3.13. The molecule has 0 saturated carbocycles. The van der Waals surface area contributed by atoms with Crippen LogP contribution in [0, 0.1) is 11.3 Å². The van der Waals surface area contributed by atoms with Gasteiger partial charge in [0.1, 0.15) is 6.04 Å². The molecule has 0 radical (unpaired) electrons. The van der Waals surface area contributed by atoms with Crippen LogP contribution in [0.4, 0.5) is 5.69 Å². The zero-order chi connectivity index (χ0) is 10.6. The van der Waals surface area contributed by atoms with Crippen LogP contribution < -0.4 is 5.32 Å². The van der Waals surface area contributed by atoms with Crippen molar-refractivity contribution in [2.24, 2.45) is 0 Å². The number of nitrogens with one attached hydrogen (secondary N) is 1. The molecule has 0 amide bonds. The lowest BCUT2D eigenvalue weighted by Crippen LogP contribution is -2.11. The Labute approximate surface area is 85.6 Å². The van der Waals surface area contributed by atoms with Crippen LogP contribution in [0.5, 0.6) is 0 Å². The van der Waals surface area contributed by atoms with E-state index in [9.17, 15) is 0 Å². The fourth-order valence-corrected chi connectivity index (χ4v) is 1.25. The Kier molecular flexibility index (Phi) is 3.53. The monoisotopic (exact) mass is 188 g/mol. The molecular formula is C12H16N2. The third-order valence-corrected chi connectivity index (χ3v) is 2.15. The maximum absolute atomic E-state index is 8.63. The Morgan fingerprint density at radius 1 is 1.14 bits per heavy atom. The molecule has 1 N–H and O–H groups in total. The summed E-state index contributed by atoms with van der Waals surface area (Å²) in [6.45, 7) is 6.18. The lowest BCUT2D eigenvalue weighted by molar-refractivity contribution is 0.866. The Hall–Kier alpha value is -1.49. The second-order valence-corrected chi connectivity index (χ2v) is 3.77. The van der Waals surface area contributed by atoms with Crippen LogP contribution in [-0.4, -0.2) is 6.04 Å². The first-order chi connectivity index (χ1) is 6.63. The molecule has 0 aliphatic carbocycles. The van der Waals surface area contributed by atoms with E-state index in [-0.39, 0.29) is 6.04 Å². The molecule has 1 atom stereocenters. The summed E-state index contributed by atoms with van der Waals surface area (Å²) in [7, 11) is 0. The fourth-order valence-electron chi connectivity index (χ4n) is 1.25. The van der Waals surface area contributed by atoms with E-state index in [4.69, 9.17) is 5.26 Å². The molecule has 1 aromatic carbocycles. The molecule has 2 nitrogen and oxygen atoms in total. The van der Waals surface area contributed by atoms with Crippen LogP contribution >= 0.6 is 0 Å². The van der Waals surface area contributed by atoms with Crippen molar-refractivity contribution in [3.8, 4) is 6.07 Å². The van der Waals surface area contributed by atoms with Gasteiger partial charge in [-0.3, -0.25) is 0 Å². The summed E-state index contributed by atoms with van der Waals surface area (Å²) in [6, 6.07) is 10.2. The zero-order valence-electron chi connectivity index (χ0n) is 8.91. The van der Waals surface area contributed by atoms with Gasteiger partial charge in [-0.25, -0.2) is 0 Å². The van der Waals surface area contributed by atoms with Crippen LogP contribution in [0.1, 0.15) is 32.3 Å². The van der Waals surface area contributed by atoms with E-state index in [0.29, 0.717) is 5.92 Å². The zero-order valence-corrected chi connectivity index (χ0v) is 8.91. The van der Waals surface area contributed by atoms with Crippen molar-refractivity contribution in [1.82, 2.24) is 0 Å². The van der Waals surface area contributed by atoms with Gasteiger partial charge in [0.25, 0.3) is 0 Å². The second-order valence-electron chi connectivity index (χ2n) is 3.77. The van der Waals surface area contributed by atoms with Gasteiger partial charge in [0.15, 0.2) is 0 Å². The molecule has 2 heteroatoms. The number of hydrogen-bond acceptors (Lipinski definition) is 2. The molecule has 1 rings (SSSR count). The summed E-state index contributed by atoms with van der Waals surface area (Å²) in [4.78, 5) is 0. The summed E-state index contributed by atoms with van der Waals surface area (Å²) in [5, 5.41) is 11.7. The van der Waals surface area contributed by atoms with Gasteiger partial charge in [-0.05, 0) is 30.5 Å². The minimum absolute atomic E-state index is 0.139. The van der Waals surface area contributed by atoms with Gasteiger partial charge in [0, 0.05) is 5.69 Å². The SMILES string of the molecule is CC(C#N)Nc1ccc(C(C)C)cc1. The van der Waals surface area contributed by atoms with Gasteiger partial charge in [-0.1, -0.05) is 26.0 Å². The number of benzene rings is 1. The van der Waals surface area contributed by atoms with E-state index in [1.165, 1.54) is 5.56 Å². The van der Waals surface area contributed by atoms with Crippen LogP contribution in [0.3, 0.4) is 0 Å². The number of nitrogens with zero attached hydrogens (tertiary/aromatic N) is 1. The van der Waals surface area contributed by atoms with E-state index in [2.05, 4.69) is 37.4 Å². The largest absolute Gasteiger partial charge is 0.370 e. The van der Waals surface area contributed by atoms with E-state index < -0.39 is 0 Å². The number of nitriles is 1. The van der Waals surface area contributed by atoms with Crippen LogP contribution in [-0.2, 0) is 0 Å². The summed E-state index contributed by atoms with van der Waals surface area (Å²) in [5.74, 6) is 0.553. The number of hydrogen-bond donors (Lipinski definition) is 1. The molecule has 0 aliphatic heterocycles. The van der Waals surface area contributed by atoms with Gasteiger partial charge in [-0.15, -0.1) is 0 Å². The molecule has 14 heavy (non-hydrogen) atoms. The van der Waals surface area contributed by atoms with Crippen molar-refractivity contribution >= 4 is 5.69 Å². The summed E-state index contributed by atoms with van der Waals surface area (Å²) < 4.78 is 0. The summed E-state index contributed by atoms with van der Waals surface area (Å²) in [6.07, 6.45) is 0. The first-order valence-electron chi connectivity index (χ1n) is 4.89. The Morgan fingerprint density at radius 2 is 1.71 bits per heavy atom. The molecule has 1 aromatic rings. The third-order valence-electron chi connectivity index (χ3n) is 2.15. The van der Waals surface area contributed by atoms with Crippen molar-refractivity contribution in [3.63, 3.8) is 0 Å². The molecule has 74 valence electrons.